The lowest BCUT2D eigenvalue weighted by atomic mass is 9.98. The van der Waals surface area contributed by atoms with Crippen molar-refractivity contribution >= 4 is 26.8 Å². The van der Waals surface area contributed by atoms with E-state index in [1.54, 1.807) is 24.3 Å². The number of aromatic amines is 1. The van der Waals surface area contributed by atoms with Gasteiger partial charge in [-0.1, -0.05) is 28.1 Å². The number of rotatable bonds is 2. The van der Waals surface area contributed by atoms with Crippen LogP contribution in [0, 0.1) is 0 Å². The molecule has 1 aromatic heterocycles. The minimum absolute atomic E-state index is 0.240. The van der Waals surface area contributed by atoms with Crippen LogP contribution in [0.15, 0.2) is 71.2 Å². The summed E-state index contributed by atoms with van der Waals surface area (Å²) in [4.78, 5) is 3.48. The van der Waals surface area contributed by atoms with Crippen LogP contribution >= 0.6 is 15.9 Å². The number of H-pyrrole nitrogens is 1. The number of aromatic nitrogens is 1. The monoisotopic (exact) mass is 379 g/mol. The normalized spacial score (nSPS) is 11.0. The third-order valence-corrected chi connectivity index (χ3v) is 4.57. The summed E-state index contributed by atoms with van der Waals surface area (Å²) in [7, 11) is 0. The summed E-state index contributed by atoms with van der Waals surface area (Å²) in [5, 5.41) is 20.2. The van der Waals surface area contributed by atoms with Gasteiger partial charge >= 0.3 is 0 Å². The topological polar surface area (TPSA) is 56.2 Å². The van der Waals surface area contributed by atoms with E-state index in [2.05, 4.69) is 27.0 Å². The van der Waals surface area contributed by atoms with E-state index in [-0.39, 0.29) is 11.5 Å². The van der Waals surface area contributed by atoms with Gasteiger partial charge in [-0.15, -0.1) is 0 Å². The molecule has 0 bridgehead atoms. The molecule has 0 spiro atoms. The van der Waals surface area contributed by atoms with Gasteiger partial charge < -0.3 is 15.2 Å². The van der Waals surface area contributed by atoms with Crippen LogP contribution in [0.2, 0.25) is 0 Å². The average molecular weight is 380 g/mol. The van der Waals surface area contributed by atoms with Crippen molar-refractivity contribution in [1.82, 2.24) is 4.98 Å². The molecule has 0 saturated heterocycles. The van der Waals surface area contributed by atoms with E-state index in [1.165, 1.54) is 0 Å². The molecule has 0 fully saturated rings. The molecule has 3 aromatic carbocycles. The number of aromatic hydroxyl groups is 2. The van der Waals surface area contributed by atoms with Crippen LogP contribution in [0.25, 0.3) is 33.3 Å². The van der Waals surface area contributed by atoms with E-state index in [9.17, 15) is 10.2 Å². The number of phenolic OH excluding ortho intramolecular Hbond substituents is 2. The Kier molecular flexibility index (Phi) is 3.54. The second-order valence-electron chi connectivity index (χ2n) is 5.66. The summed E-state index contributed by atoms with van der Waals surface area (Å²) >= 11 is 3.54. The van der Waals surface area contributed by atoms with Gasteiger partial charge in [-0.3, -0.25) is 0 Å². The van der Waals surface area contributed by atoms with Crippen LogP contribution in [0.1, 0.15) is 0 Å². The molecule has 0 radical (unpaired) electrons. The van der Waals surface area contributed by atoms with E-state index in [1.807, 2.05) is 36.4 Å². The number of nitrogens with one attached hydrogen (secondary N) is 1. The maximum atomic E-state index is 9.59. The van der Waals surface area contributed by atoms with Crippen LogP contribution in [-0.4, -0.2) is 15.2 Å². The average Bonchev–Trinajstić information content (AvgIpc) is 2.95. The van der Waals surface area contributed by atoms with Gasteiger partial charge in [0.2, 0.25) is 0 Å². The molecule has 4 heteroatoms. The first-order valence-corrected chi connectivity index (χ1v) is 8.31. The zero-order valence-corrected chi connectivity index (χ0v) is 14.2. The molecule has 4 rings (SSSR count). The number of halogens is 1. The molecule has 4 aromatic rings. The predicted molar refractivity (Wildman–Crippen MR) is 100 cm³/mol. The lowest BCUT2D eigenvalue weighted by Crippen LogP contribution is -1.82. The number of fused-ring (bicyclic) bond motifs is 1. The summed E-state index contributed by atoms with van der Waals surface area (Å²) < 4.78 is 1.01. The summed E-state index contributed by atoms with van der Waals surface area (Å²) in [6, 6.07) is 20.4. The summed E-state index contributed by atoms with van der Waals surface area (Å²) in [6.45, 7) is 0. The van der Waals surface area contributed by atoms with Gasteiger partial charge in [-0.2, -0.15) is 0 Å². The van der Waals surface area contributed by atoms with Crippen molar-refractivity contribution in [3.05, 3.63) is 71.2 Å². The van der Waals surface area contributed by atoms with E-state index in [0.717, 1.165) is 37.8 Å². The standard InChI is InChI=1S/C20H14BrNO2/c21-14-5-10-18-17(11-14)19(12-1-6-15(23)7-2-12)20(22-18)13-3-8-16(24)9-4-13/h1-11,22-24H. The van der Waals surface area contributed by atoms with E-state index < -0.39 is 0 Å². The van der Waals surface area contributed by atoms with Crippen molar-refractivity contribution in [3.8, 4) is 33.9 Å². The van der Waals surface area contributed by atoms with Gasteiger partial charge in [0.05, 0.1) is 5.69 Å². The molecule has 3 N–H and O–H groups in total. The Morgan fingerprint density at radius 1 is 0.708 bits per heavy atom. The fourth-order valence-corrected chi connectivity index (χ4v) is 3.30. The predicted octanol–water partition coefficient (Wildman–Crippen LogP) is 5.68. The maximum Gasteiger partial charge on any atom is 0.115 e. The van der Waals surface area contributed by atoms with Crippen molar-refractivity contribution in [3.63, 3.8) is 0 Å². The Labute approximate surface area is 147 Å². The first-order valence-electron chi connectivity index (χ1n) is 7.52. The Bertz CT molecular complexity index is 1020. The van der Waals surface area contributed by atoms with Crippen molar-refractivity contribution in [2.24, 2.45) is 0 Å². The molecule has 1 heterocycles. The molecule has 0 aliphatic carbocycles. The van der Waals surface area contributed by atoms with Crippen molar-refractivity contribution in [2.75, 3.05) is 0 Å². The zero-order valence-electron chi connectivity index (χ0n) is 12.6. The lowest BCUT2D eigenvalue weighted by molar-refractivity contribution is 0.475. The van der Waals surface area contributed by atoms with Crippen LogP contribution in [-0.2, 0) is 0 Å². The molecule has 0 unspecified atom stereocenters. The SMILES string of the molecule is Oc1ccc(-c2[nH]c3ccc(Br)cc3c2-c2ccc(O)cc2)cc1. The highest BCUT2D eigenvalue weighted by molar-refractivity contribution is 9.10. The third kappa shape index (κ3) is 2.55. The molecule has 0 saturated carbocycles. The summed E-state index contributed by atoms with van der Waals surface area (Å²) in [5.74, 6) is 0.481. The minimum Gasteiger partial charge on any atom is -0.508 e. The lowest BCUT2D eigenvalue weighted by Gasteiger charge is -2.06. The zero-order chi connectivity index (χ0) is 16.7. The van der Waals surface area contributed by atoms with Gasteiger partial charge in [-0.05, 0) is 65.7 Å². The van der Waals surface area contributed by atoms with Gasteiger partial charge in [-0.25, -0.2) is 0 Å². The molecule has 3 nitrogen and oxygen atoms in total. The first-order chi connectivity index (χ1) is 11.6. The van der Waals surface area contributed by atoms with Crippen molar-refractivity contribution in [1.29, 1.82) is 0 Å². The van der Waals surface area contributed by atoms with Gasteiger partial charge in [0.1, 0.15) is 11.5 Å². The highest BCUT2D eigenvalue weighted by Crippen LogP contribution is 2.40. The summed E-state index contributed by atoms with van der Waals surface area (Å²) in [6.07, 6.45) is 0. The largest absolute Gasteiger partial charge is 0.508 e. The fraction of sp³-hybridized carbons (Fsp3) is 0. The van der Waals surface area contributed by atoms with Crippen molar-refractivity contribution < 1.29 is 10.2 Å². The smallest absolute Gasteiger partial charge is 0.115 e. The van der Waals surface area contributed by atoms with E-state index >= 15 is 0 Å². The molecular weight excluding hydrogens is 366 g/mol. The molecule has 24 heavy (non-hydrogen) atoms. The van der Waals surface area contributed by atoms with E-state index in [4.69, 9.17) is 0 Å². The van der Waals surface area contributed by atoms with E-state index in [0.29, 0.717) is 0 Å². The third-order valence-electron chi connectivity index (χ3n) is 4.07. The maximum absolute atomic E-state index is 9.59. The van der Waals surface area contributed by atoms with Crippen LogP contribution in [0.4, 0.5) is 0 Å². The molecule has 0 aliphatic rings. The number of phenols is 2. The first kappa shape index (κ1) is 14.8. The molecular formula is C20H14BrNO2. The minimum atomic E-state index is 0.240. The highest BCUT2D eigenvalue weighted by atomic mass is 79.9. The number of hydrogen-bond acceptors (Lipinski definition) is 2. The van der Waals surface area contributed by atoms with Gasteiger partial charge in [0, 0.05) is 20.9 Å². The number of hydrogen-bond donors (Lipinski definition) is 3. The molecule has 118 valence electrons. The quantitative estimate of drug-likeness (QED) is 0.419. The van der Waals surface area contributed by atoms with Crippen LogP contribution < -0.4 is 0 Å². The second kappa shape index (κ2) is 5.73. The number of benzene rings is 3. The fourth-order valence-electron chi connectivity index (χ4n) is 2.94. The molecule has 0 amide bonds. The highest BCUT2D eigenvalue weighted by Gasteiger charge is 2.15. The van der Waals surface area contributed by atoms with Crippen LogP contribution in [0.5, 0.6) is 11.5 Å². The second-order valence-corrected chi connectivity index (χ2v) is 6.57. The van der Waals surface area contributed by atoms with Gasteiger partial charge in [0.25, 0.3) is 0 Å². The Balaban J connectivity index is 2.03. The Morgan fingerprint density at radius 3 is 1.92 bits per heavy atom. The molecule has 0 aliphatic heterocycles. The van der Waals surface area contributed by atoms with Gasteiger partial charge in [0.15, 0.2) is 0 Å². The van der Waals surface area contributed by atoms with Crippen LogP contribution in [0.3, 0.4) is 0 Å². The Morgan fingerprint density at radius 2 is 1.29 bits per heavy atom. The molecule has 0 atom stereocenters. The summed E-state index contributed by atoms with van der Waals surface area (Å²) in [5.41, 5.74) is 5.08. The Hall–Kier alpha value is -2.72. The van der Waals surface area contributed by atoms with Crippen molar-refractivity contribution in [2.45, 2.75) is 0 Å².